The quantitative estimate of drug-likeness (QED) is 0.324. The Labute approximate surface area is 152 Å². The molecule has 0 heterocycles. The molecule has 0 bridgehead atoms. The Morgan fingerprint density at radius 1 is 0.960 bits per heavy atom. The molecule has 150 valence electrons. The molecule has 0 saturated heterocycles. The van der Waals surface area contributed by atoms with Gasteiger partial charge in [0.05, 0.1) is 13.2 Å². The van der Waals surface area contributed by atoms with Gasteiger partial charge in [0.1, 0.15) is 0 Å². The van der Waals surface area contributed by atoms with E-state index in [1.165, 1.54) is 0 Å². The molecule has 1 amide bonds. The number of carbonyl (C=O) groups excluding carboxylic acids is 1. The zero-order valence-electron chi connectivity index (χ0n) is 16.3. The van der Waals surface area contributed by atoms with E-state index in [4.69, 9.17) is 27.5 Å². The first kappa shape index (κ1) is 24.3. The normalized spacial score (nSPS) is 12.8. The Morgan fingerprint density at radius 2 is 1.56 bits per heavy atom. The van der Waals surface area contributed by atoms with Crippen LogP contribution in [0, 0.1) is 0 Å². The molecule has 8 nitrogen and oxygen atoms in total. The Bertz CT molecular complexity index is 317. The molecule has 9 heteroatoms. The summed E-state index contributed by atoms with van der Waals surface area (Å²) in [5.41, 5.74) is 0. The van der Waals surface area contributed by atoms with Crippen molar-refractivity contribution in [2.75, 3.05) is 53.3 Å². The van der Waals surface area contributed by atoms with Gasteiger partial charge in [-0.1, -0.05) is 0 Å². The molecule has 1 N–H and O–H groups in total. The molecule has 0 saturated carbocycles. The van der Waals surface area contributed by atoms with Gasteiger partial charge in [-0.3, -0.25) is 0 Å². The van der Waals surface area contributed by atoms with Crippen LogP contribution in [0.15, 0.2) is 0 Å². The second kappa shape index (κ2) is 15.5. The highest BCUT2D eigenvalue weighted by atomic mass is 28.4. The largest absolute Gasteiger partial charge is 0.500 e. The maximum Gasteiger partial charge on any atom is 0.500 e. The van der Waals surface area contributed by atoms with Gasteiger partial charge in [-0.15, -0.1) is 0 Å². The second-order valence-electron chi connectivity index (χ2n) is 5.15. The molecule has 0 fully saturated rings. The molecule has 0 radical (unpaired) electrons. The van der Waals surface area contributed by atoms with Crippen LogP contribution in [0.4, 0.5) is 4.79 Å². The minimum atomic E-state index is -2.66. The van der Waals surface area contributed by atoms with Gasteiger partial charge in [0.15, 0.2) is 6.10 Å². The SMILES string of the molecule is CCOCC(COC)OC(=O)NCCC[Si](OCC)(OCC)OCC. The topological polar surface area (TPSA) is 84.5 Å². The third kappa shape index (κ3) is 11.5. The highest BCUT2D eigenvalue weighted by Gasteiger charge is 2.39. The van der Waals surface area contributed by atoms with Gasteiger partial charge in [-0.25, -0.2) is 4.79 Å². The predicted molar refractivity (Wildman–Crippen MR) is 96.7 cm³/mol. The van der Waals surface area contributed by atoms with Crippen LogP contribution in [0.25, 0.3) is 0 Å². The fourth-order valence-corrected chi connectivity index (χ4v) is 4.85. The number of hydrogen-bond donors (Lipinski definition) is 1. The van der Waals surface area contributed by atoms with Gasteiger partial charge < -0.3 is 32.8 Å². The van der Waals surface area contributed by atoms with Crippen molar-refractivity contribution in [2.24, 2.45) is 0 Å². The van der Waals surface area contributed by atoms with Crippen molar-refractivity contribution in [3.05, 3.63) is 0 Å². The fourth-order valence-electron chi connectivity index (χ4n) is 2.24. The number of hydrogen-bond acceptors (Lipinski definition) is 7. The number of nitrogens with one attached hydrogen (secondary N) is 1. The van der Waals surface area contributed by atoms with Crippen LogP contribution in [-0.4, -0.2) is 74.3 Å². The standard InChI is InChI=1S/C16H35NO7Si/c1-6-20-14-15(13-19-5)24-16(18)17-11-10-12-25(21-7-2,22-8-3)23-9-4/h15H,6-14H2,1-5H3,(H,17,18). The van der Waals surface area contributed by atoms with Crippen molar-refractivity contribution in [1.82, 2.24) is 5.32 Å². The molecule has 0 spiro atoms. The Hall–Kier alpha value is -0.713. The van der Waals surface area contributed by atoms with Crippen LogP contribution < -0.4 is 5.32 Å². The van der Waals surface area contributed by atoms with E-state index < -0.39 is 21.0 Å². The lowest BCUT2D eigenvalue weighted by molar-refractivity contribution is -0.0145. The molecule has 1 unspecified atom stereocenters. The zero-order chi connectivity index (χ0) is 19.0. The van der Waals surface area contributed by atoms with E-state index in [0.29, 0.717) is 58.7 Å². The molecular formula is C16H35NO7Si. The number of ether oxygens (including phenoxy) is 3. The summed E-state index contributed by atoms with van der Waals surface area (Å²) in [5, 5.41) is 2.73. The van der Waals surface area contributed by atoms with E-state index in [0.717, 1.165) is 0 Å². The fraction of sp³-hybridized carbons (Fsp3) is 0.938. The molecule has 0 aromatic heterocycles. The third-order valence-electron chi connectivity index (χ3n) is 3.16. The maximum atomic E-state index is 11.9. The van der Waals surface area contributed by atoms with E-state index in [-0.39, 0.29) is 0 Å². The first-order chi connectivity index (χ1) is 12.1. The van der Waals surface area contributed by atoms with Crippen LogP contribution in [0.5, 0.6) is 0 Å². The van der Waals surface area contributed by atoms with E-state index >= 15 is 0 Å². The zero-order valence-corrected chi connectivity index (χ0v) is 17.3. The van der Waals surface area contributed by atoms with Crippen molar-refractivity contribution in [2.45, 2.75) is 46.3 Å². The lowest BCUT2D eigenvalue weighted by atomic mass is 10.4. The van der Waals surface area contributed by atoms with Gasteiger partial charge in [-0.2, -0.15) is 0 Å². The molecule has 0 aromatic carbocycles. The van der Waals surface area contributed by atoms with E-state index in [2.05, 4.69) is 5.32 Å². The molecule has 1 atom stereocenters. The summed E-state index contributed by atoms with van der Waals surface area (Å²) in [6, 6.07) is 0.642. The van der Waals surface area contributed by atoms with Gasteiger partial charge in [-0.05, 0) is 34.1 Å². The summed E-state index contributed by atoms with van der Waals surface area (Å²) in [7, 11) is -1.11. The van der Waals surface area contributed by atoms with Crippen molar-refractivity contribution >= 4 is 14.9 Å². The Morgan fingerprint density at radius 3 is 2.04 bits per heavy atom. The molecular weight excluding hydrogens is 346 g/mol. The minimum Gasteiger partial charge on any atom is -0.441 e. The first-order valence-electron chi connectivity index (χ1n) is 9.00. The summed E-state index contributed by atoms with van der Waals surface area (Å²) in [4.78, 5) is 11.9. The lowest BCUT2D eigenvalue weighted by Gasteiger charge is -2.28. The minimum absolute atomic E-state index is 0.294. The van der Waals surface area contributed by atoms with E-state index in [1.54, 1.807) is 7.11 Å². The number of amides is 1. The van der Waals surface area contributed by atoms with Gasteiger partial charge in [0, 0.05) is 46.1 Å². The molecule has 25 heavy (non-hydrogen) atoms. The molecule has 0 aliphatic heterocycles. The average molecular weight is 382 g/mol. The monoisotopic (exact) mass is 381 g/mol. The summed E-state index contributed by atoms with van der Waals surface area (Å²) in [6.07, 6.45) is -0.228. The van der Waals surface area contributed by atoms with Gasteiger partial charge >= 0.3 is 14.9 Å². The number of carbonyl (C=O) groups is 1. The van der Waals surface area contributed by atoms with Crippen LogP contribution in [0.2, 0.25) is 6.04 Å². The molecule has 0 aromatic rings. The molecule has 0 aliphatic rings. The van der Waals surface area contributed by atoms with Crippen molar-refractivity contribution in [3.63, 3.8) is 0 Å². The molecule has 0 rings (SSSR count). The van der Waals surface area contributed by atoms with Crippen LogP contribution in [0.3, 0.4) is 0 Å². The Kier molecular flexibility index (Phi) is 15.1. The smallest absolute Gasteiger partial charge is 0.441 e. The average Bonchev–Trinajstić information content (AvgIpc) is 2.57. The maximum absolute atomic E-state index is 11.9. The molecule has 0 aliphatic carbocycles. The first-order valence-corrected chi connectivity index (χ1v) is 10.9. The van der Waals surface area contributed by atoms with Gasteiger partial charge in [0.25, 0.3) is 0 Å². The number of methoxy groups -OCH3 is 1. The second-order valence-corrected chi connectivity index (χ2v) is 7.89. The van der Waals surface area contributed by atoms with E-state index in [1.807, 2.05) is 27.7 Å². The summed E-state index contributed by atoms with van der Waals surface area (Å²) < 4.78 is 32.9. The highest BCUT2D eigenvalue weighted by Crippen LogP contribution is 2.17. The van der Waals surface area contributed by atoms with Crippen molar-refractivity contribution < 1.29 is 32.3 Å². The van der Waals surface area contributed by atoms with Crippen LogP contribution in [-0.2, 0) is 27.5 Å². The number of alkyl carbamates (subject to hydrolysis) is 1. The van der Waals surface area contributed by atoms with E-state index in [9.17, 15) is 4.79 Å². The highest BCUT2D eigenvalue weighted by molar-refractivity contribution is 6.60. The van der Waals surface area contributed by atoms with Crippen LogP contribution in [0.1, 0.15) is 34.1 Å². The number of rotatable bonds is 16. The summed E-state index contributed by atoms with van der Waals surface area (Å²) in [6.45, 7) is 10.9. The third-order valence-corrected chi connectivity index (χ3v) is 6.31. The van der Waals surface area contributed by atoms with Crippen LogP contribution >= 0.6 is 0 Å². The van der Waals surface area contributed by atoms with Crippen molar-refractivity contribution in [1.29, 1.82) is 0 Å². The Balaban J connectivity index is 4.25. The summed E-state index contributed by atoms with van der Waals surface area (Å²) >= 11 is 0. The van der Waals surface area contributed by atoms with Crippen molar-refractivity contribution in [3.8, 4) is 0 Å². The predicted octanol–water partition coefficient (Wildman–Crippen LogP) is 2.20. The lowest BCUT2D eigenvalue weighted by Crippen LogP contribution is -2.46. The van der Waals surface area contributed by atoms with Gasteiger partial charge in [0.2, 0.25) is 0 Å². The summed E-state index contributed by atoms with van der Waals surface area (Å²) in [5.74, 6) is 0.